The molecule has 21 heavy (non-hydrogen) atoms. The minimum absolute atomic E-state index is 0.283. The molecule has 0 saturated carbocycles. The normalized spacial score (nSPS) is 11.9. The summed E-state index contributed by atoms with van der Waals surface area (Å²) >= 11 is 0. The summed E-state index contributed by atoms with van der Waals surface area (Å²) in [6.07, 6.45) is 5.92. The Morgan fingerprint density at radius 1 is 0.905 bits per heavy atom. The predicted octanol–water partition coefficient (Wildman–Crippen LogP) is 4.93. The average molecular weight is 282 g/mol. The van der Waals surface area contributed by atoms with E-state index in [0.29, 0.717) is 5.92 Å². The summed E-state index contributed by atoms with van der Waals surface area (Å²) in [5, 5.41) is 0. The van der Waals surface area contributed by atoms with Crippen molar-refractivity contribution in [3.05, 3.63) is 47.8 Å². The van der Waals surface area contributed by atoms with E-state index in [0.717, 1.165) is 24.2 Å². The Labute approximate surface area is 128 Å². The summed E-state index contributed by atoms with van der Waals surface area (Å²) in [4.78, 5) is 8.99. The Hall–Kier alpha value is -1.70. The van der Waals surface area contributed by atoms with E-state index in [-0.39, 0.29) is 5.41 Å². The van der Waals surface area contributed by atoms with Crippen LogP contribution in [0.25, 0.3) is 11.4 Å². The molecule has 0 aliphatic carbocycles. The second-order valence-corrected chi connectivity index (χ2v) is 7.43. The molecule has 0 atom stereocenters. The summed E-state index contributed by atoms with van der Waals surface area (Å²) in [6.45, 7) is 11.3. The second-order valence-electron chi connectivity index (χ2n) is 7.43. The average Bonchev–Trinajstić information content (AvgIpc) is 2.36. The van der Waals surface area contributed by atoms with E-state index >= 15 is 0 Å². The number of nitrogens with zero attached hydrogens (tertiary/aromatic N) is 2. The number of hydrogen-bond acceptors (Lipinski definition) is 2. The van der Waals surface area contributed by atoms with E-state index in [1.165, 1.54) is 11.1 Å². The van der Waals surface area contributed by atoms with Crippen LogP contribution in [0.3, 0.4) is 0 Å². The van der Waals surface area contributed by atoms with E-state index in [1.807, 2.05) is 12.4 Å². The van der Waals surface area contributed by atoms with Gasteiger partial charge in [0, 0.05) is 12.4 Å². The second kappa shape index (κ2) is 6.38. The van der Waals surface area contributed by atoms with Gasteiger partial charge >= 0.3 is 0 Å². The van der Waals surface area contributed by atoms with E-state index < -0.39 is 0 Å². The highest BCUT2D eigenvalue weighted by molar-refractivity contribution is 5.55. The van der Waals surface area contributed by atoms with Gasteiger partial charge in [-0.2, -0.15) is 0 Å². The van der Waals surface area contributed by atoms with E-state index in [9.17, 15) is 0 Å². The topological polar surface area (TPSA) is 25.8 Å². The molecule has 0 radical (unpaired) electrons. The highest BCUT2D eigenvalue weighted by Gasteiger charge is 2.12. The molecule has 0 spiro atoms. The minimum Gasteiger partial charge on any atom is -0.255 e. The molecular weight excluding hydrogens is 256 g/mol. The van der Waals surface area contributed by atoms with Crippen LogP contribution in [0.1, 0.15) is 45.7 Å². The predicted molar refractivity (Wildman–Crippen MR) is 89.2 cm³/mol. The van der Waals surface area contributed by atoms with Crippen LogP contribution in [0.5, 0.6) is 0 Å². The zero-order valence-corrected chi connectivity index (χ0v) is 13.9. The molecule has 0 unspecified atom stereocenters. The summed E-state index contributed by atoms with van der Waals surface area (Å²) in [7, 11) is 0. The maximum atomic E-state index is 4.50. The zero-order chi connectivity index (χ0) is 15.5. The SMILES string of the molecule is CC(C)Cc1ccnc(-c2cc(CC(C)(C)C)ccn2)c1. The van der Waals surface area contributed by atoms with Crippen molar-refractivity contribution < 1.29 is 0 Å². The van der Waals surface area contributed by atoms with E-state index in [1.54, 1.807) is 0 Å². The molecule has 0 saturated heterocycles. The maximum absolute atomic E-state index is 4.50. The molecule has 0 bridgehead atoms. The van der Waals surface area contributed by atoms with Crippen LogP contribution in [0.15, 0.2) is 36.7 Å². The quantitative estimate of drug-likeness (QED) is 0.794. The van der Waals surface area contributed by atoms with Crippen molar-refractivity contribution >= 4 is 0 Å². The summed E-state index contributed by atoms with van der Waals surface area (Å²) in [5.41, 5.74) is 4.89. The molecule has 0 amide bonds. The molecule has 112 valence electrons. The summed E-state index contributed by atoms with van der Waals surface area (Å²) in [6, 6.07) is 8.55. The molecular formula is C19H26N2. The highest BCUT2D eigenvalue weighted by Crippen LogP contribution is 2.23. The van der Waals surface area contributed by atoms with E-state index in [2.05, 4.69) is 68.9 Å². The van der Waals surface area contributed by atoms with Gasteiger partial charge in [-0.3, -0.25) is 9.97 Å². The fraction of sp³-hybridized carbons (Fsp3) is 0.474. The monoisotopic (exact) mass is 282 g/mol. The maximum Gasteiger partial charge on any atom is 0.0888 e. The number of pyridine rings is 2. The molecule has 0 aliphatic heterocycles. The van der Waals surface area contributed by atoms with Gasteiger partial charge in [0.15, 0.2) is 0 Å². The lowest BCUT2D eigenvalue weighted by Crippen LogP contribution is -2.09. The molecule has 2 aromatic rings. The number of hydrogen-bond donors (Lipinski definition) is 0. The van der Waals surface area contributed by atoms with Gasteiger partial charge in [0.2, 0.25) is 0 Å². The largest absolute Gasteiger partial charge is 0.255 e. The first-order valence-corrected chi connectivity index (χ1v) is 7.74. The lowest BCUT2D eigenvalue weighted by atomic mass is 9.88. The zero-order valence-electron chi connectivity index (χ0n) is 13.9. The third-order valence-electron chi connectivity index (χ3n) is 3.29. The first kappa shape index (κ1) is 15.7. The van der Waals surface area contributed by atoms with Crippen LogP contribution in [0, 0.1) is 11.3 Å². The Kier molecular flexibility index (Phi) is 4.76. The van der Waals surface area contributed by atoms with Gasteiger partial charge in [0.25, 0.3) is 0 Å². The van der Waals surface area contributed by atoms with Gasteiger partial charge in [-0.05, 0) is 59.6 Å². The lowest BCUT2D eigenvalue weighted by Gasteiger charge is -2.18. The third kappa shape index (κ3) is 4.96. The van der Waals surface area contributed by atoms with Crippen molar-refractivity contribution in [2.45, 2.75) is 47.5 Å². The molecule has 0 N–H and O–H groups in total. The molecule has 2 nitrogen and oxygen atoms in total. The van der Waals surface area contributed by atoms with Crippen molar-refractivity contribution in [1.82, 2.24) is 9.97 Å². The number of aromatic nitrogens is 2. The van der Waals surface area contributed by atoms with Gasteiger partial charge in [0.05, 0.1) is 11.4 Å². The van der Waals surface area contributed by atoms with Crippen LogP contribution < -0.4 is 0 Å². The van der Waals surface area contributed by atoms with Crippen LogP contribution in [-0.4, -0.2) is 9.97 Å². The first-order valence-electron chi connectivity index (χ1n) is 7.74. The van der Waals surface area contributed by atoms with Crippen molar-refractivity contribution in [1.29, 1.82) is 0 Å². The van der Waals surface area contributed by atoms with Crippen LogP contribution in [0.4, 0.5) is 0 Å². The number of rotatable bonds is 4. The van der Waals surface area contributed by atoms with Gasteiger partial charge in [0.1, 0.15) is 0 Å². The molecule has 0 fully saturated rings. The Morgan fingerprint density at radius 2 is 1.43 bits per heavy atom. The van der Waals surface area contributed by atoms with E-state index in [4.69, 9.17) is 0 Å². The minimum atomic E-state index is 0.283. The summed E-state index contributed by atoms with van der Waals surface area (Å²) < 4.78 is 0. The van der Waals surface area contributed by atoms with Gasteiger partial charge < -0.3 is 0 Å². The Bertz CT molecular complexity index is 595. The molecule has 2 heteroatoms. The molecule has 2 rings (SSSR count). The standard InChI is InChI=1S/C19H26N2/c1-14(2)10-15-6-8-20-17(11-15)18-12-16(7-9-21-18)13-19(3,4)5/h6-9,11-12,14H,10,13H2,1-5H3. The lowest BCUT2D eigenvalue weighted by molar-refractivity contribution is 0.411. The van der Waals surface area contributed by atoms with Crippen molar-refractivity contribution in [2.24, 2.45) is 11.3 Å². The summed E-state index contributed by atoms with van der Waals surface area (Å²) in [5.74, 6) is 0.653. The molecule has 0 aliphatic rings. The van der Waals surface area contributed by atoms with Crippen LogP contribution in [0.2, 0.25) is 0 Å². The molecule has 0 aromatic carbocycles. The first-order chi connectivity index (χ1) is 9.83. The van der Waals surface area contributed by atoms with Crippen LogP contribution in [-0.2, 0) is 12.8 Å². The van der Waals surface area contributed by atoms with Gasteiger partial charge in [-0.15, -0.1) is 0 Å². The smallest absolute Gasteiger partial charge is 0.0888 e. The van der Waals surface area contributed by atoms with Crippen molar-refractivity contribution in [2.75, 3.05) is 0 Å². The Morgan fingerprint density at radius 3 is 1.95 bits per heavy atom. The van der Waals surface area contributed by atoms with Crippen molar-refractivity contribution in [3.63, 3.8) is 0 Å². The highest BCUT2D eigenvalue weighted by atomic mass is 14.8. The fourth-order valence-electron chi connectivity index (χ4n) is 2.55. The van der Waals surface area contributed by atoms with Gasteiger partial charge in [-0.1, -0.05) is 34.6 Å². The van der Waals surface area contributed by atoms with Crippen LogP contribution >= 0.6 is 0 Å². The van der Waals surface area contributed by atoms with Crippen molar-refractivity contribution in [3.8, 4) is 11.4 Å². The Balaban J connectivity index is 2.27. The third-order valence-corrected chi connectivity index (χ3v) is 3.29. The molecule has 2 aromatic heterocycles. The van der Waals surface area contributed by atoms with Gasteiger partial charge in [-0.25, -0.2) is 0 Å². The molecule has 2 heterocycles. The fourth-order valence-corrected chi connectivity index (χ4v) is 2.55.